The number of amides is 1. The number of rotatable bonds is 7. The third-order valence-corrected chi connectivity index (χ3v) is 6.16. The number of hydrogen-bond acceptors (Lipinski definition) is 4. The molecule has 0 radical (unpaired) electrons. The molecule has 0 saturated carbocycles. The van der Waals surface area contributed by atoms with E-state index in [9.17, 15) is 13.2 Å². The van der Waals surface area contributed by atoms with Crippen LogP contribution in [0.4, 0.5) is 11.4 Å². The summed E-state index contributed by atoms with van der Waals surface area (Å²) in [7, 11) is -3.74. The first-order valence-corrected chi connectivity index (χ1v) is 11.0. The highest BCUT2D eigenvalue weighted by Gasteiger charge is 2.16. The minimum Gasteiger partial charge on any atom is -0.483 e. The van der Waals surface area contributed by atoms with Gasteiger partial charge in [0.25, 0.3) is 15.9 Å². The molecule has 0 atom stereocenters. The molecule has 30 heavy (non-hydrogen) atoms. The molecule has 6 nitrogen and oxygen atoms in total. The Kier molecular flexibility index (Phi) is 6.87. The van der Waals surface area contributed by atoms with Gasteiger partial charge in [0, 0.05) is 11.4 Å². The van der Waals surface area contributed by atoms with Crippen molar-refractivity contribution in [2.75, 3.05) is 16.6 Å². The van der Waals surface area contributed by atoms with Gasteiger partial charge in [0.05, 0.1) is 14.9 Å². The van der Waals surface area contributed by atoms with E-state index in [2.05, 4.69) is 10.0 Å². The van der Waals surface area contributed by atoms with Crippen LogP contribution in [-0.2, 0) is 14.8 Å². The van der Waals surface area contributed by atoms with E-state index < -0.39 is 15.9 Å². The van der Waals surface area contributed by atoms with Crippen molar-refractivity contribution >= 4 is 50.5 Å². The number of nitrogens with one attached hydrogen (secondary N) is 2. The van der Waals surface area contributed by atoms with Gasteiger partial charge in [-0.05, 0) is 61.0 Å². The third kappa shape index (κ3) is 5.66. The van der Waals surface area contributed by atoms with Crippen LogP contribution in [0.15, 0.2) is 71.6 Å². The second-order valence-corrected chi connectivity index (χ2v) is 8.86. The van der Waals surface area contributed by atoms with E-state index in [1.165, 1.54) is 24.3 Å². The predicted octanol–water partition coefficient (Wildman–Crippen LogP) is 5.12. The van der Waals surface area contributed by atoms with Gasteiger partial charge in [-0.1, -0.05) is 41.4 Å². The van der Waals surface area contributed by atoms with E-state index in [1.54, 1.807) is 49.4 Å². The normalized spacial score (nSPS) is 11.0. The summed E-state index contributed by atoms with van der Waals surface area (Å²) in [4.78, 5) is 12.2. The van der Waals surface area contributed by atoms with E-state index in [0.29, 0.717) is 32.7 Å². The lowest BCUT2D eigenvalue weighted by Crippen LogP contribution is -2.20. The number of sulfonamides is 1. The Labute approximate surface area is 184 Å². The van der Waals surface area contributed by atoms with Crippen LogP contribution in [0.5, 0.6) is 5.75 Å². The number of benzene rings is 3. The summed E-state index contributed by atoms with van der Waals surface area (Å²) in [6, 6.07) is 17.8. The minimum absolute atomic E-state index is 0.0939. The molecule has 0 aromatic heterocycles. The molecule has 2 N–H and O–H groups in total. The van der Waals surface area contributed by atoms with Crippen molar-refractivity contribution in [1.29, 1.82) is 0 Å². The first-order chi connectivity index (χ1) is 14.2. The van der Waals surface area contributed by atoms with Gasteiger partial charge in [-0.3, -0.25) is 9.52 Å². The monoisotopic (exact) mass is 464 g/mol. The second-order valence-electron chi connectivity index (χ2n) is 6.36. The molecule has 0 heterocycles. The largest absolute Gasteiger partial charge is 0.483 e. The van der Waals surface area contributed by atoms with Crippen LogP contribution in [0.3, 0.4) is 0 Å². The maximum atomic E-state index is 12.5. The molecule has 0 fully saturated rings. The Morgan fingerprint density at radius 1 is 0.933 bits per heavy atom. The van der Waals surface area contributed by atoms with E-state index >= 15 is 0 Å². The molecular formula is C21H18Cl2N2O4S. The highest BCUT2D eigenvalue weighted by atomic mass is 35.5. The number of ether oxygens (including phenoxy) is 1. The molecule has 0 aliphatic carbocycles. The van der Waals surface area contributed by atoms with E-state index in [1.807, 2.05) is 0 Å². The van der Waals surface area contributed by atoms with Crippen LogP contribution in [0.25, 0.3) is 0 Å². The van der Waals surface area contributed by atoms with Crippen LogP contribution in [0.2, 0.25) is 10.0 Å². The zero-order valence-corrected chi connectivity index (χ0v) is 18.2. The van der Waals surface area contributed by atoms with Crippen LogP contribution < -0.4 is 14.8 Å². The molecule has 9 heteroatoms. The molecule has 0 aliphatic heterocycles. The van der Waals surface area contributed by atoms with Crippen LogP contribution in [0.1, 0.15) is 5.56 Å². The summed E-state index contributed by atoms with van der Waals surface area (Å²) in [6.07, 6.45) is 0. The standard InChI is InChI=1S/C21H18Cl2N2O4S/c1-14-11-17(30(27,28)25-15-5-3-2-4-6-15)8-10-20(14)29-13-21(26)24-16-7-9-18(22)19(23)12-16/h2-12,25H,13H2,1H3,(H,24,26). The molecule has 0 spiro atoms. The lowest BCUT2D eigenvalue weighted by molar-refractivity contribution is -0.118. The number of halogens is 2. The third-order valence-electron chi connectivity index (χ3n) is 4.04. The van der Waals surface area contributed by atoms with Gasteiger partial charge in [-0.2, -0.15) is 0 Å². The Bertz CT molecular complexity index is 1170. The fourth-order valence-electron chi connectivity index (χ4n) is 2.59. The number of carbonyl (C=O) groups excluding carboxylic acids is 1. The molecule has 0 unspecified atom stereocenters. The van der Waals surface area contributed by atoms with Gasteiger partial charge in [0.1, 0.15) is 5.75 Å². The van der Waals surface area contributed by atoms with Crippen molar-refractivity contribution in [2.45, 2.75) is 11.8 Å². The summed E-state index contributed by atoms with van der Waals surface area (Å²) in [5, 5.41) is 3.36. The average molecular weight is 465 g/mol. The molecule has 3 aromatic carbocycles. The lowest BCUT2D eigenvalue weighted by atomic mass is 10.2. The minimum atomic E-state index is -3.74. The SMILES string of the molecule is Cc1cc(S(=O)(=O)Nc2ccccc2)ccc1OCC(=O)Nc1ccc(Cl)c(Cl)c1. The zero-order valence-electron chi connectivity index (χ0n) is 15.9. The molecule has 0 saturated heterocycles. The first-order valence-electron chi connectivity index (χ1n) is 8.81. The Balaban J connectivity index is 1.63. The van der Waals surface area contributed by atoms with Gasteiger partial charge in [0.15, 0.2) is 6.61 Å². The van der Waals surface area contributed by atoms with Gasteiger partial charge < -0.3 is 10.1 Å². The van der Waals surface area contributed by atoms with Gasteiger partial charge in [0.2, 0.25) is 0 Å². The Morgan fingerprint density at radius 2 is 1.67 bits per heavy atom. The van der Waals surface area contributed by atoms with E-state index in [4.69, 9.17) is 27.9 Å². The van der Waals surface area contributed by atoms with Gasteiger partial charge in [-0.25, -0.2) is 8.42 Å². The number of anilines is 2. The molecule has 3 aromatic rings. The average Bonchev–Trinajstić information content (AvgIpc) is 2.70. The van der Waals surface area contributed by atoms with Crippen molar-refractivity contribution in [2.24, 2.45) is 0 Å². The van der Waals surface area contributed by atoms with Gasteiger partial charge in [-0.15, -0.1) is 0 Å². The molecule has 3 rings (SSSR count). The van der Waals surface area contributed by atoms with Gasteiger partial charge >= 0.3 is 0 Å². The van der Waals surface area contributed by atoms with Crippen LogP contribution >= 0.6 is 23.2 Å². The van der Waals surface area contributed by atoms with Crippen LogP contribution in [0, 0.1) is 6.92 Å². The molecular weight excluding hydrogens is 447 g/mol. The summed E-state index contributed by atoms with van der Waals surface area (Å²) < 4.78 is 33.1. The smallest absolute Gasteiger partial charge is 0.262 e. The Hall–Kier alpha value is -2.74. The maximum absolute atomic E-state index is 12.5. The summed E-state index contributed by atoms with van der Waals surface area (Å²) in [5.41, 5.74) is 1.53. The number of para-hydroxylation sites is 1. The molecule has 1 amide bonds. The summed E-state index contributed by atoms with van der Waals surface area (Å²) >= 11 is 11.8. The second kappa shape index (κ2) is 9.38. The highest BCUT2D eigenvalue weighted by molar-refractivity contribution is 7.92. The number of hydrogen-bond donors (Lipinski definition) is 2. The topological polar surface area (TPSA) is 84.5 Å². The van der Waals surface area contributed by atoms with Crippen molar-refractivity contribution in [3.05, 3.63) is 82.3 Å². The number of aryl methyl sites for hydroxylation is 1. The zero-order chi connectivity index (χ0) is 21.7. The molecule has 0 bridgehead atoms. The predicted molar refractivity (Wildman–Crippen MR) is 119 cm³/mol. The van der Waals surface area contributed by atoms with Crippen molar-refractivity contribution in [1.82, 2.24) is 0 Å². The maximum Gasteiger partial charge on any atom is 0.262 e. The van der Waals surface area contributed by atoms with Crippen molar-refractivity contribution < 1.29 is 17.9 Å². The lowest BCUT2D eigenvalue weighted by Gasteiger charge is -2.12. The van der Waals surface area contributed by atoms with Crippen molar-refractivity contribution in [3.63, 3.8) is 0 Å². The molecule has 156 valence electrons. The quantitative estimate of drug-likeness (QED) is 0.507. The fourth-order valence-corrected chi connectivity index (χ4v) is 4.03. The Morgan fingerprint density at radius 3 is 2.33 bits per heavy atom. The number of carbonyl (C=O) groups is 1. The van der Waals surface area contributed by atoms with E-state index in [0.717, 1.165) is 0 Å². The fraction of sp³-hybridized carbons (Fsp3) is 0.0952. The summed E-state index contributed by atoms with van der Waals surface area (Å²) in [5.74, 6) is 0.00758. The first kappa shape index (κ1) is 22.0. The highest BCUT2D eigenvalue weighted by Crippen LogP contribution is 2.26. The van der Waals surface area contributed by atoms with E-state index in [-0.39, 0.29) is 11.5 Å². The van der Waals surface area contributed by atoms with Crippen LogP contribution in [-0.4, -0.2) is 20.9 Å². The van der Waals surface area contributed by atoms with Crippen molar-refractivity contribution in [3.8, 4) is 5.75 Å². The summed E-state index contributed by atoms with van der Waals surface area (Å²) in [6.45, 7) is 1.45. The molecule has 0 aliphatic rings.